The van der Waals surface area contributed by atoms with Gasteiger partial charge in [0.1, 0.15) is 61.0 Å². The molecule has 42 heavy (non-hydrogen) atoms. The first kappa shape index (κ1) is 33.4. The van der Waals surface area contributed by atoms with E-state index in [0.29, 0.717) is 5.56 Å². The molecule has 3 saturated heterocycles. The Morgan fingerprint density at radius 1 is 0.786 bits per heavy atom. The lowest BCUT2D eigenvalue weighted by Crippen LogP contribution is -2.64. The van der Waals surface area contributed by atoms with Gasteiger partial charge in [-0.1, -0.05) is 24.3 Å². The van der Waals surface area contributed by atoms with Crippen molar-refractivity contribution in [2.75, 3.05) is 26.4 Å². The zero-order valence-corrected chi connectivity index (χ0v) is 22.2. The summed E-state index contributed by atoms with van der Waals surface area (Å²) in [4.78, 5) is 0. The minimum absolute atomic E-state index is 0.0102. The minimum atomic E-state index is -2.78. The average molecular weight is 611 g/mol. The van der Waals surface area contributed by atoms with Gasteiger partial charge in [0.25, 0.3) is 0 Å². The monoisotopic (exact) mass is 610 g/mol. The van der Waals surface area contributed by atoms with Gasteiger partial charge in [-0.05, 0) is 12.0 Å². The molecule has 0 spiro atoms. The number of ether oxygens (including phenoxy) is 5. The maximum Gasteiger partial charge on any atom is 0.311 e. The Morgan fingerprint density at radius 2 is 1.45 bits per heavy atom. The summed E-state index contributed by atoms with van der Waals surface area (Å²) in [7, 11) is 0. The van der Waals surface area contributed by atoms with Gasteiger partial charge in [0.2, 0.25) is 5.79 Å². The van der Waals surface area contributed by atoms with Crippen LogP contribution in [0.1, 0.15) is 11.1 Å². The molecule has 0 amide bonds. The molecule has 17 nitrogen and oxygen atoms in total. The quantitative estimate of drug-likeness (QED) is 0.116. The van der Waals surface area contributed by atoms with Gasteiger partial charge in [-0.2, -0.15) is 0 Å². The molecule has 0 aliphatic carbocycles. The molecule has 3 heterocycles. The zero-order valence-electron chi connectivity index (χ0n) is 22.2. The topological polar surface area (TPSA) is 289 Å². The van der Waals surface area contributed by atoms with Crippen LogP contribution in [0.5, 0.6) is 0 Å². The summed E-state index contributed by atoms with van der Waals surface area (Å²) < 4.78 is 26.5. The molecular formula is C25H38O17. The number of aliphatic hydroxyl groups excluding tert-OH is 10. The molecule has 4 rings (SSSR count). The fourth-order valence-corrected chi connectivity index (χ4v) is 5.08. The van der Waals surface area contributed by atoms with E-state index in [9.17, 15) is 61.3 Å². The molecule has 0 saturated carbocycles. The zero-order chi connectivity index (χ0) is 31.0. The Balaban J connectivity index is 1.41. The van der Waals surface area contributed by atoms with Crippen LogP contribution in [0, 0.1) is 0 Å². The molecule has 0 radical (unpaired) electrons. The van der Waals surface area contributed by atoms with Gasteiger partial charge in [0, 0.05) is 5.56 Å². The van der Waals surface area contributed by atoms with E-state index in [1.807, 2.05) is 0 Å². The molecule has 3 aliphatic rings. The first-order chi connectivity index (χ1) is 19.7. The summed E-state index contributed by atoms with van der Waals surface area (Å²) in [5.41, 5.74) is 0.320. The van der Waals surface area contributed by atoms with Gasteiger partial charge in [0.15, 0.2) is 12.4 Å². The van der Waals surface area contributed by atoms with E-state index >= 15 is 0 Å². The fraction of sp³-hybridized carbons (Fsp3) is 0.760. The van der Waals surface area contributed by atoms with Crippen molar-refractivity contribution in [2.45, 2.75) is 91.6 Å². The van der Waals surface area contributed by atoms with Crippen molar-refractivity contribution < 1.29 is 85.0 Å². The van der Waals surface area contributed by atoms with Crippen LogP contribution in [0.4, 0.5) is 0 Å². The molecule has 0 unspecified atom stereocenters. The highest BCUT2D eigenvalue weighted by molar-refractivity contribution is 5.33. The Morgan fingerprint density at radius 3 is 2.14 bits per heavy atom. The van der Waals surface area contributed by atoms with Crippen molar-refractivity contribution in [1.82, 2.24) is 0 Å². The number of hydrogen-bond donors (Lipinski definition) is 12. The maximum atomic E-state index is 11.2. The van der Waals surface area contributed by atoms with E-state index in [-0.39, 0.29) is 18.6 Å². The summed E-state index contributed by atoms with van der Waals surface area (Å²) >= 11 is 0. The Labute approximate surface area is 238 Å². The normalized spacial score (nSPS) is 46.5. The summed E-state index contributed by atoms with van der Waals surface area (Å²) in [6, 6.07) is 6.02. The molecule has 0 aromatic heterocycles. The molecule has 12 N–H and O–H groups in total. The number of rotatable bonds is 9. The molecule has 0 bridgehead atoms. The highest BCUT2D eigenvalue weighted by Crippen LogP contribution is 2.38. The first-order valence-electron chi connectivity index (χ1n) is 13.2. The van der Waals surface area contributed by atoms with Crippen LogP contribution in [-0.2, 0) is 35.9 Å². The van der Waals surface area contributed by atoms with Crippen LogP contribution in [0.2, 0.25) is 0 Å². The maximum absolute atomic E-state index is 11.2. The largest absolute Gasteiger partial charge is 0.394 e. The number of hydrogen-bond acceptors (Lipinski definition) is 17. The molecule has 17 heteroatoms. The molecule has 1 aromatic carbocycles. The molecule has 3 aliphatic heterocycles. The van der Waals surface area contributed by atoms with Crippen LogP contribution < -0.4 is 0 Å². The van der Waals surface area contributed by atoms with Gasteiger partial charge in [0.05, 0.1) is 26.4 Å². The standard InChI is InChI=1S/C25H38O17/c26-7-13-16(29)19(32)21(34)24(36,42-13)11-4-2-1-3-10(11)5-6-38-23-20(33)18(31)17(30)14(41-23)9-40-25(37)22(35)15(28)12(27)8-39-25/h1-4,12-23,26-37H,5-9H2/t12-,13-,14-,15+,16-,17-,18+,19+,20-,21-,22-,23-,24-,25+/m1/s1. The summed E-state index contributed by atoms with van der Waals surface area (Å²) in [5.74, 6) is -5.31. The van der Waals surface area contributed by atoms with Crippen LogP contribution in [0.15, 0.2) is 24.3 Å². The van der Waals surface area contributed by atoms with E-state index in [0.717, 1.165) is 0 Å². The van der Waals surface area contributed by atoms with Crippen LogP contribution in [0.3, 0.4) is 0 Å². The van der Waals surface area contributed by atoms with Crippen LogP contribution in [0.25, 0.3) is 0 Å². The summed E-state index contributed by atoms with van der Waals surface area (Å²) in [5, 5.41) is 122. The minimum Gasteiger partial charge on any atom is -0.394 e. The van der Waals surface area contributed by atoms with Gasteiger partial charge in [-0.3, -0.25) is 0 Å². The molecule has 3 fully saturated rings. The van der Waals surface area contributed by atoms with Crippen molar-refractivity contribution >= 4 is 0 Å². The second-order valence-corrected chi connectivity index (χ2v) is 10.5. The molecule has 240 valence electrons. The second-order valence-electron chi connectivity index (χ2n) is 10.5. The fourth-order valence-electron chi connectivity index (χ4n) is 5.08. The van der Waals surface area contributed by atoms with Crippen molar-refractivity contribution in [3.8, 4) is 0 Å². The molecular weight excluding hydrogens is 572 g/mol. The van der Waals surface area contributed by atoms with Crippen molar-refractivity contribution in [3.05, 3.63) is 35.4 Å². The SMILES string of the molecule is OC[C@H]1O[C@](O)(c2ccccc2CCO[C@@H]2O[C@H](CO[C@@]3(O)OC[C@@H](O)[C@H](O)[C@H]3O)[C@@H](O)[C@H](O)[C@H]2O)[C@H](O)[C@@H](O)[C@@H]1O. The van der Waals surface area contributed by atoms with Gasteiger partial charge >= 0.3 is 5.97 Å². The third-order valence-electron chi connectivity index (χ3n) is 7.70. The lowest BCUT2D eigenvalue weighted by molar-refractivity contribution is -0.438. The van der Waals surface area contributed by atoms with E-state index in [4.69, 9.17) is 23.7 Å². The van der Waals surface area contributed by atoms with E-state index in [1.165, 1.54) is 18.2 Å². The molecule has 14 atom stereocenters. The highest BCUT2D eigenvalue weighted by Gasteiger charge is 2.55. The van der Waals surface area contributed by atoms with Gasteiger partial charge in [-0.15, -0.1) is 0 Å². The highest BCUT2D eigenvalue weighted by atomic mass is 16.8. The van der Waals surface area contributed by atoms with E-state index in [2.05, 4.69) is 0 Å². The summed E-state index contributed by atoms with van der Waals surface area (Å²) in [6.45, 7) is -2.33. The van der Waals surface area contributed by atoms with E-state index in [1.54, 1.807) is 6.07 Å². The summed E-state index contributed by atoms with van der Waals surface area (Å²) in [6.07, 6.45) is -20.7. The van der Waals surface area contributed by atoms with Crippen LogP contribution >= 0.6 is 0 Å². The third kappa shape index (κ3) is 6.34. The van der Waals surface area contributed by atoms with Crippen molar-refractivity contribution in [3.63, 3.8) is 0 Å². The number of aliphatic hydroxyl groups is 12. The van der Waals surface area contributed by atoms with Crippen molar-refractivity contribution in [2.24, 2.45) is 0 Å². The Kier molecular flexibility index (Phi) is 10.6. The smallest absolute Gasteiger partial charge is 0.311 e. The average Bonchev–Trinajstić information content (AvgIpc) is 2.98. The first-order valence-corrected chi connectivity index (χ1v) is 13.2. The Hall–Kier alpha value is -1.46. The van der Waals surface area contributed by atoms with Crippen LogP contribution in [-0.4, -0.2) is 167 Å². The third-order valence-corrected chi connectivity index (χ3v) is 7.70. The Bertz CT molecular complexity index is 1030. The predicted molar refractivity (Wildman–Crippen MR) is 132 cm³/mol. The van der Waals surface area contributed by atoms with E-state index < -0.39 is 105 Å². The number of benzene rings is 1. The lowest BCUT2D eigenvalue weighted by atomic mass is 9.85. The van der Waals surface area contributed by atoms with Gasteiger partial charge in [-0.25, -0.2) is 0 Å². The lowest BCUT2D eigenvalue weighted by Gasteiger charge is -2.46. The van der Waals surface area contributed by atoms with Crippen molar-refractivity contribution in [1.29, 1.82) is 0 Å². The van der Waals surface area contributed by atoms with Gasteiger partial charge < -0.3 is 85.0 Å². The second kappa shape index (κ2) is 13.3. The predicted octanol–water partition coefficient (Wildman–Crippen LogP) is -6.55. The molecule has 1 aromatic rings.